The van der Waals surface area contributed by atoms with Crippen LogP contribution < -0.4 is 5.76 Å². The van der Waals surface area contributed by atoms with E-state index in [4.69, 9.17) is 4.42 Å². The second-order valence-corrected chi connectivity index (χ2v) is 5.56. The quantitative estimate of drug-likeness (QED) is 0.729. The number of nitrogens with zero attached hydrogens (tertiary/aromatic N) is 2. The van der Waals surface area contributed by atoms with Gasteiger partial charge in [-0.05, 0) is 42.0 Å². The van der Waals surface area contributed by atoms with Gasteiger partial charge in [0.2, 0.25) is 5.91 Å². The normalized spacial score (nSPS) is 16.8. The van der Waals surface area contributed by atoms with E-state index in [0.717, 1.165) is 17.4 Å². The summed E-state index contributed by atoms with van der Waals surface area (Å²) in [6.07, 6.45) is 3.75. The Morgan fingerprint density at radius 1 is 1.27 bits per heavy atom. The van der Waals surface area contributed by atoms with Gasteiger partial charge in [-0.25, -0.2) is 9.78 Å². The standard InChI is InChI=1S/C17H14N2O3/c20-15(10-12-8-7-11-4-1-2-5-13(11)12)19-16-14(22-17(19)21)6-3-9-18-16/h1-6,9,12H,7-8,10H2/t12-/m1/s1. The van der Waals surface area contributed by atoms with Crippen LogP contribution in [0.1, 0.15) is 34.7 Å². The van der Waals surface area contributed by atoms with Gasteiger partial charge in [0.15, 0.2) is 11.2 Å². The van der Waals surface area contributed by atoms with Gasteiger partial charge in [0, 0.05) is 12.6 Å². The highest BCUT2D eigenvalue weighted by Gasteiger charge is 2.26. The minimum absolute atomic E-state index is 0.157. The lowest BCUT2D eigenvalue weighted by Gasteiger charge is -2.10. The van der Waals surface area contributed by atoms with Crippen molar-refractivity contribution in [1.29, 1.82) is 0 Å². The predicted molar refractivity (Wildman–Crippen MR) is 81.0 cm³/mol. The van der Waals surface area contributed by atoms with Crippen molar-refractivity contribution in [3.63, 3.8) is 0 Å². The van der Waals surface area contributed by atoms with E-state index in [1.54, 1.807) is 18.3 Å². The summed E-state index contributed by atoms with van der Waals surface area (Å²) in [7, 11) is 0. The fourth-order valence-electron chi connectivity index (χ4n) is 3.24. The van der Waals surface area contributed by atoms with Crippen LogP contribution in [-0.4, -0.2) is 15.5 Å². The van der Waals surface area contributed by atoms with Gasteiger partial charge >= 0.3 is 5.76 Å². The van der Waals surface area contributed by atoms with Crippen LogP contribution in [0.4, 0.5) is 0 Å². The molecule has 2 heterocycles. The van der Waals surface area contributed by atoms with E-state index in [9.17, 15) is 9.59 Å². The largest absolute Gasteiger partial charge is 0.428 e. The Balaban J connectivity index is 1.68. The van der Waals surface area contributed by atoms with E-state index in [1.165, 1.54) is 11.1 Å². The zero-order chi connectivity index (χ0) is 15.1. The highest BCUT2D eigenvalue weighted by molar-refractivity contribution is 5.87. The van der Waals surface area contributed by atoms with Crippen LogP contribution in [0.2, 0.25) is 0 Å². The molecular weight excluding hydrogens is 280 g/mol. The number of carbonyl (C=O) groups excluding carboxylic acids is 1. The molecule has 0 spiro atoms. The fraction of sp³-hybridized carbons (Fsp3) is 0.235. The van der Waals surface area contributed by atoms with Crippen molar-refractivity contribution in [2.24, 2.45) is 0 Å². The van der Waals surface area contributed by atoms with E-state index in [0.29, 0.717) is 17.7 Å². The second-order valence-electron chi connectivity index (χ2n) is 5.56. The molecule has 0 bridgehead atoms. The summed E-state index contributed by atoms with van der Waals surface area (Å²) in [4.78, 5) is 28.6. The van der Waals surface area contributed by atoms with E-state index in [1.807, 2.05) is 12.1 Å². The summed E-state index contributed by atoms with van der Waals surface area (Å²) in [5, 5.41) is 0. The monoisotopic (exact) mass is 294 g/mol. The number of rotatable bonds is 2. The molecule has 1 atom stereocenters. The SMILES string of the molecule is O=C(C[C@H]1CCc2ccccc21)n1c(=O)oc2cccnc21. The van der Waals surface area contributed by atoms with Gasteiger partial charge in [-0.3, -0.25) is 4.79 Å². The maximum absolute atomic E-state index is 12.6. The number of carbonyl (C=O) groups is 1. The Morgan fingerprint density at radius 3 is 3.05 bits per heavy atom. The van der Waals surface area contributed by atoms with Crippen molar-refractivity contribution in [2.75, 3.05) is 0 Å². The molecule has 5 nitrogen and oxygen atoms in total. The zero-order valence-electron chi connectivity index (χ0n) is 11.9. The number of pyridine rings is 1. The van der Waals surface area contributed by atoms with Crippen molar-refractivity contribution in [3.8, 4) is 0 Å². The highest BCUT2D eigenvalue weighted by Crippen LogP contribution is 2.35. The topological polar surface area (TPSA) is 65.1 Å². The number of fused-ring (bicyclic) bond motifs is 2. The van der Waals surface area contributed by atoms with E-state index >= 15 is 0 Å². The molecule has 0 unspecified atom stereocenters. The molecule has 0 saturated heterocycles. The molecule has 0 saturated carbocycles. The maximum atomic E-state index is 12.6. The van der Waals surface area contributed by atoms with Crippen LogP contribution >= 0.6 is 0 Å². The third-order valence-corrected chi connectivity index (χ3v) is 4.27. The molecule has 0 radical (unpaired) electrons. The number of hydrogen-bond acceptors (Lipinski definition) is 4. The Kier molecular flexibility index (Phi) is 2.92. The van der Waals surface area contributed by atoms with Crippen LogP contribution in [0.5, 0.6) is 0 Å². The average molecular weight is 294 g/mol. The summed E-state index contributed by atoms with van der Waals surface area (Å²) >= 11 is 0. The van der Waals surface area contributed by atoms with Crippen molar-refractivity contribution >= 4 is 17.1 Å². The third kappa shape index (κ3) is 1.97. The lowest BCUT2D eigenvalue weighted by atomic mass is 9.97. The Labute approximate surface area is 126 Å². The van der Waals surface area contributed by atoms with Crippen molar-refractivity contribution in [3.05, 3.63) is 64.3 Å². The first-order chi connectivity index (χ1) is 10.7. The number of oxazole rings is 1. The van der Waals surface area contributed by atoms with E-state index in [2.05, 4.69) is 17.1 Å². The minimum Gasteiger partial charge on any atom is -0.406 e. The molecule has 0 aliphatic heterocycles. The van der Waals surface area contributed by atoms with Gasteiger partial charge in [-0.1, -0.05) is 24.3 Å². The second kappa shape index (κ2) is 4.94. The zero-order valence-corrected chi connectivity index (χ0v) is 11.9. The van der Waals surface area contributed by atoms with Gasteiger partial charge < -0.3 is 4.42 Å². The molecule has 0 fully saturated rings. The molecular formula is C17H14N2O3. The van der Waals surface area contributed by atoms with E-state index < -0.39 is 5.76 Å². The molecule has 1 aromatic carbocycles. The van der Waals surface area contributed by atoms with E-state index in [-0.39, 0.29) is 11.8 Å². The molecule has 1 aliphatic carbocycles. The lowest BCUT2D eigenvalue weighted by molar-refractivity contribution is 0.0889. The van der Waals surface area contributed by atoms with Crippen molar-refractivity contribution < 1.29 is 9.21 Å². The van der Waals surface area contributed by atoms with Crippen LogP contribution in [-0.2, 0) is 6.42 Å². The first-order valence-corrected chi connectivity index (χ1v) is 7.31. The summed E-state index contributed by atoms with van der Waals surface area (Å²) in [6, 6.07) is 11.5. The van der Waals surface area contributed by atoms with Gasteiger partial charge in [0.25, 0.3) is 0 Å². The smallest absolute Gasteiger partial charge is 0.406 e. The number of aromatic nitrogens is 2. The number of benzene rings is 1. The molecule has 2 aromatic heterocycles. The minimum atomic E-state index is -0.662. The average Bonchev–Trinajstić information content (AvgIpc) is 3.07. The summed E-state index contributed by atoms with van der Waals surface area (Å²) in [6.45, 7) is 0. The van der Waals surface area contributed by atoms with Crippen LogP contribution in [0.25, 0.3) is 11.2 Å². The predicted octanol–water partition coefficient (Wildman–Crippen LogP) is 2.75. The van der Waals surface area contributed by atoms with Gasteiger partial charge in [-0.15, -0.1) is 0 Å². The van der Waals surface area contributed by atoms with Crippen LogP contribution in [0.15, 0.2) is 51.8 Å². The first kappa shape index (κ1) is 13.0. The molecule has 22 heavy (non-hydrogen) atoms. The summed E-state index contributed by atoms with van der Waals surface area (Å²) < 4.78 is 6.13. The Bertz CT molecular complexity index is 923. The molecule has 4 rings (SSSR count). The van der Waals surface area contributed by atoms with Crippen molar-refractivity contribution in [1.82, 2.24) is 9.55 Å². The van der Waals surface area contributed by atoms with Crippen molar-refractivity contribution in [2.45, 2.75) is 25.2 Å². The summed E-state index contributed by atoms with van der Waals surface area (Å²) in [5.74, 6) is -0.765. The van der Waals surface area contributed by atoms with Gasteiger partial charge in [0.05, 0.1) is 0 Å². The number of aryl methyl sites for hydroxylation is 1. The molecule has 0 N–H and O–H groups in total. The Morgan fingerprint density at radius 2 is 2.14 bits per heavy atom. The van der Waals surface area contributed by atoms with Crippen LogP contribution in [0.3, 0.4) is 0 Å². The molecule has 5 heteroatoms. The molecule has 0 amide bonds. The number of hydrogen-bond donors (Lipinski definition) is 0. The highest BCUT2D eigenvalue weighted by atomic mass is 16.4. The fourth-order valence-corrected chi connectivity index (χ4v) is 3.24. The van der Waals surface area contributed by atoms with Gasteiger partial charge in [-0.2, -0.15) is 4.57 Å². The van der Waals surface area contributed by atoms with Gasteiger partial charge in [0.1, 0.15) is 0 Å². The molecule has 110 valence electrons. The summed E-state index contributed by atoms with van der Waals surface area (Å²) in [5.41, 5.74) is 3.14. The first-order valence-electron chi connectivity index (χ1n) is 7.31. The molecule has 3 aromatic rings. The van der Waals surface area contributed by atoms with Crippen LogP contribution in [0, 0.1) is 0 Å². The molecule has 1 aliphatic rings. The Hall–Kier alpha value is -2.69. The lowest BCUT2D eigenvalue weighted by Crippen LogP contribution is -2.24. The third-order valence-electron chi connectivity index (χ3n) is 4.27. The maximum Gasteiger partial charge on any atom is 0.428 e.